The molecule has 0 aliphatic heterocycles. The lowest BCUT2D eigenvalue weighted by Crippen LogP contribution is -1.94. The molecule has 46 heavy (non-hydrogen) atoms. The van der Waals surface area contributed by atoms with Gasteiger partial charge in [-0.05, 0) is 64.0 Å². The van der Waals surface area contributed by atoms with Crippen LogP contribution < -0.4 is 0 Å². The van der Waals surface area contributed by atoms with Crippen LogP contribution in [0.4, 0.5) is 11.5 Å². The summed E-state index contributed by atoms with van der Waals surface area (Å²) >= 11 is 0. The largest absolute Gasteiger partial charge is 0.478 e. The molecule has 0 aliphatic rings. The van der Waals surface area contributed by atoms with Gasteiger partial charge in [0.2, 0.25) is 0 Å². The van der Waals surface area contributed by atoms with Gasteiger partial charge in [-0.15, -0.1) is 0 Å². The first-order valence-corrected chi connectivity index (χ1v) is 11.4. The molecule has 5 aromatic heterocycles. The fraction of sp³-hybridized carbons (Fsp3) is 0.0370. The Morgan fingerprint density at radius 1 is 0.609 bits per heavy atom. The lowest BCUT2D eigenvalue weighted by atomic mass is 10.3. The van der Waals surface area contributed by atoms with Crippen LogP contribution in [-0.2, 0) is 6.61 Å². The number of carboxylic acids is 1. The summed E-state index contributed by atoms with van der Waals surface area (Å²) in [6.07, 6.45) is 13.8. The summed E-state index contributed by atoms with van der Waals surface area (Å²) in [6, 6.07) is 19.6. The lowest BCUT2D eigenvalue weighted by Gasteiger charge is -1.88. The minimum absolute atomic E-state index is 0. The summed E-state index contributed by atoms with van der Waals surface area (Å²) in [4.78, 5) is 47.4. The van der Waals surface area contributed by atoms with Crippen molar-refractivity contribution < 1.29 is 52.2 Å². The van der Waals surface area contributed by atoms with Gasteiger partial charge in [0, 0.05) is 55.5 Å². The number of carbonyl (C=O) groups is 1. The highest BCUT2D eigenvalue weighted by molar-refractivity contribution is 5.87. The first kappa shape index (κ1) is 49.5. The number of hydrogen-bond donors (Lipinski definition) is 2. The third-order valence-electron chi connectivity index (χ3n) is 4.12. The fourth-order valence-corrected chi connectivity index (χ4v) is 2.22. The minimum Gasteiger partial charge on any atom is -0.478 e. The Balaban J connectivity index is -0.000000149. The Bertz CT molecular complexity index is 1250. The molecule has 0 fully saturated rings. The smallest absolute Gasteiger partial charge is 0.363 e. The van der Waals surface area contributed by atoms with Gasteiger partial charge in [0.1, 0.15) is 12.4 Å². The Morgan fingerprint density at radius 3 is 1.37 bits per heavy atom. The molecule has 250 valence electrons. The Morgan fingerprint density at radius 2 is 1.11 bits per heavy atom. The van der Waals surface area contributed by atoms with E-state index in [4.69, 9.17) is 10.2 Å². The van der Waals surface area contributed by atoms with Gasteiger partial charge in [-0.2, -0.15) is 0 Å². The van der Waals surface area contributed by atoms with E-state index in [2.05, 4.69) is 24.9 Å². The molecular weight excluding hydrogens is 614 g/mol. The highest BCUT2D eigenvalue weighted by Crippen LogP contribution is 2.04. The third kappa shape index (κ3) is 24.4. The Kier molecular flexibility index (Phi) is 34.1. The van der Waals surface area contributed by atoms with Crippen molar-refractivity contribution in [1.82, 2.24) is 24.9 Å². The molecule has 5 heterocycles. The molecule has 0 saturated heterocycles. The Hall–Kier alpha value is -6.22. The van der Waals surface area contributed by atoms with Crippen molar-refractivity contribution in [3.8, 4) is 0 Å². The van der Waals surface area contributed by atoms with Crippen LogP contribution in [0.1, 0.15) is 15.9 Å². The zero-order valence-corrected chi connectivity index (χ0v) is 23.9. The van der Waals surface area contributed by atoms with Crippen LogP contribution in [0.3, 0.4) is 0 Å². The van der Waals surface area contributed by atoms with Crippen molar-refractivity contribution in [2.75, 3.05) is 0 Å². The van der Waals surface area contributed by atoms with Crippen molar-refractivity contribution in [3.63, 3.8) is 0 Å². The molecule has 19 nitrogen and oxygen atoms in total. The number of carboxylic acid groups (broad SMARTS) is 1. The predicted octanol–water partition coefficient (Wildman–Crippen LogP) is 0.291. The van der Waals surface area contributed by atoms with E-state index in [1.54, 1.807) is 49.1 Å². The number of aliphatic hydroxyl groups excluding tert-OH is 1. The van der Waals surface area contributed by atoms with E-state index in [0.29, 0.717) is 0 Å². The van der Waals surface area contributed by atoms with Gasteiger partial charge in [-0.1, -0.05) is 12.1 Å². The van der Waals surface area contributed by atoms with Crippen LogP contribution >= 0.6 is 0 Å². The number of nitrogens with zero attached hydrogens (tertiary/aromatic N) is 7. The molecule has 0 saturated carbocycles. The summed E-state index contributed by atoms with van der Waals surface area (Å²) < 4.78 is 0. The maximum atomic E-state index is 10.2. The highest BCUT2D eigenvalue weighted by atomic mass is 16.6. The molecule has 0 amide bonds. The van der Waals surface area contributed by atoms with Gasteiger partial charge < -0.3 is 47.7 Å². The molecule has 0 bridgehead atoms. The van der Waals surface area contributed by atoms with E-state index in [0.717, 1.165) is 5.56 Å². The van der Waals surface area contributed by atoms with Crippen LogP contribution in [0.25, 0.3) is 0 Å². The van der Waals surface area contributed by atoms with Crippen LogP contribution in [0.15, 0.2) is 129 Å². The van der Waals surface area contributed by atoms with Gasteiger partial charge in [0.15, 0.2) is 0 Å². The predicted molar refractivity (Wildman–Crippen MR) is 165 cm³/mol. The summed E-state index contributed by atoms with van der Waals surface area (Å²) in [6.45, 7) is 0.0997. The van der Waals surface area contributed by atoms with Gasteiger partial charge in [-0.25, -0.2) is 4.79 Å². The van der Waals surface area contributed by atoms with Gasteiger partial charge >= 0.3 is 11.8 Å². The van der Waals surface area contributed by atoms with Crippen molar-refractivity contribution in [2.45, 2.75) is 6.61 Å². The second-order valence-electron chi connectivity index (χ2n) is 6.99. The SMILES string of the molecule is O.O.O.O.O.O=C(O)c1ccncc1.O=[N+]([O-])c1ccccn1.O=[N+]([O-])c1cccnc1.OCc1ccncc1.c1ccncc1. The zero-order valence-electron chi connectivity index (χ0n) is 23.9. The van der Waals surface area contributed by atoms with Gasteiger partial charge in [0.25, 0.3) is 5.69 Å². The number of aromatic nitrogens is 5. The first-order valence-electron chi connectivity index (χ1n) is 11.4. The number of nitro groups is 2. The van der Waals surface area contributed by atoms with Crippen LogP contribution in [-0.4, -0.2) is 78.3 Å². The molecule has 0 spiro atoms. The van der Waals surface area contributed by atoms with Crippen LogP contribution in [0, 0.1) is 20.2 Å². The van der Waals surface area contributed by atoms with E-state index in [-0.39, 0.29) is 51.1 Å². The first-order chi connectivity index (χ1) is 19.8. The van der Waals surface area contributed by atoms with E-state index in [9.17, 15) is 25.0 Å². The number of aliphatic hydroxyl groups is 1. The zero-order chi connectivity index (χ0) is 30.1. The van der Waals surface area contributed by atoms with Crippen molar-refractivity contribution >= 4 is 17.5 Å². The monoisotopic (exact) mass is 649 g/mol. The number of rotatable bonds is 4. The number of hydrogen-bond acceptors (Lipinski definition) is 11. The molecule has 5 rings (SSSR count). The molecule has 5 aromatic rings. The third-order valence-corrected chi connectivity index (χ3v) is 4.12. The maximum Gasteiger partial charge on any atom is 0.363 e. The number of pyridine rings is 5. The normalized spacial score (nSPS) is 7.85. The second kappa shape index (κ2) is 31.7. The average Bonchev–Trinajstić information content (AvgIpc) is 3.05. The molecule has 0 atom stereocenters. The van der Waals surface area contributed by atoms with Gasteiger partial charge in [0.05, 0.1) is 17.1 Å². The quantitative estimate of drug-likeness (QED) is 0.196. The fourth-order valence-electron chi connectivity index (χ4n) is 2.22. The van der Waals surface area contributed by atoms with Crippen molar-refractivity contribution in [3.05, 3.63) is 160 Å². The lowest BCUT2D eigenvalue weighted by molar-refractivity contribution is -0.389. The number of aromatic carboxylic acids is 1. The molecule has 19 heteroatoms. The standard InChI is InChI=1S/C6H5NO2.C6H7NO.2C5H4N2O2.C5H5N.5H2O/c8-6(9)5-1-3-7-4-2-5;8-5-6-1-3-7-4-2-6;8-7(9)5-2-1-3-6-4-5;8-7(9)5-3-1-2-4-6-5;1-2-4-6-5-3-1;;;;;/h1-4H,(H,8,9);1-4,8H,5H2;2*1-4H;1-5H;5*1H2. The van der Waals surface area contributed by atoms with E-state index in [1.807, 2.05) is 18.2 Å². The summed E-state index contributed by atoms with van der Waals surface area (Å²) in [5.74, 6) is -1.03. The molecule has 12 N–H and O–H groups in total. The Labute approximate surface area is 261 Å². The maximum absolute atomic E-state index is 10.2. The molecule has 0 unspecified atom stereocenters. The van der Waals surface area contributed by atoms with Crippen LogP contribution in [0.5, 0.6) is 0 Å². The molecular formula is C27H35N7O12. The summed E-state index contributed by atoms with van der Waals surface area (Å²) in [5, 5.41) is 36.8. The molecule has 0 radical (unpaired) electrons. The highest BCUT2D eigenvalue weighted by Gasteiger charge is 2.01. The van der Waals surface area contributed by atoms with Crippen LogP contribution in [0.2, 0.25) is 0 Å². The topological polar surface area (TPSA) is 366 Å². The van der Waals surface area contributed by atoms with Gasteiger partial charge in [-0.3, -0.25) is 30.1 Å². The molecule has 0 aromatic carbocycles. The van der Waals surface area contributed by atoms with Crippen molar-refractivity contribution in [1.29, 1.82) is 0 Å². The second-order valence-corrected chi connectivity index (χ2v) is 6.99. The average molecular weight is 650 g/mol. The van der Waals surface area contributed by atoms with E-state index in [1.165, 1.54) is 61.3 Å². The minimum atomic E-state index is -0.919. The van der Waals surface area contributed by atoms with E-state index >= 15 is 0 Å². The van der Waals surface area contributed by atoms with E-state index < -0.39 is 15.8 Å². The molecule has 0 aliphatic carbocycles. The summed E-state index contributed by atoms with van der Waals surface area (Å²) in [5.41, 5.74) is 1.20. The van der Waals surface area contributed by atoms with Crippen molar-refractivity contribution in [2.24, 2.45) is 0 Å². The summed E-state index contributed by atoms with van der Waals surface area (Å²) in [7, 11) is 0.